The van der Waals surface area contributed by atoms with Gasteiger partial charge in [-0.25, -0.2) is 17.2 Å². The summed E-state index contributed by atoms with van der Waals surface area (Å²) in [7, 11) is -3.65. The van der Waals surface area contributed by atoms with Crippen LogP contribution in [0.1, 0.15) is 25.3 Å². The summed E-state index contributed by atoms with van der Waals surface area (Å²) >= 11 is 0. The number of nitrogens with zero attached hydrogens (tertiary/aromatic N) is 2. The summed E-state index contributed by atoms with van der Waals surface area (Å²) in [6.07, 6.45) is 1.20. The Morgan fingerprint density at radius 3 is 2.38 bits per heavy atom. The Morgan fingerprint density at radius 1 is 1.14 bits per heavy atom. The Balaban J connectivity index is 1.84. The SMILES string of the molecule is CC(=O)N1CCC(CS(=O)(=O)c2ccc(-c3ccc(F)cc3F)c(C#N)c2)CC1. The Labute approximate surface area is 168 Å². The van der Waals surface area contributed by atoms with Crippen LogP contribution in [0.5, 0.6) is 0 Å². The maximum absolute atomic E-state index is 14.1. The summed E-state index contributed by atoms with van der Waals surface area (Å²) in [6, 6.07) is 8.87. The molecule has 1 heterocycles. The lowest BCUT2D eigenvalue weighted by Gasteiger charge is -2.31. The van der Waals surface area contributed by atoms with Crippen molar-refractivity contribution in [1.29, 1.82) is 5.26 Å². The first-order valence-corrected chi connectivity index (χ1v) is 10.8. The first-order chi connectivity index (χ1) is 13.7. The van der Waals surface area contributed by atoms with Gasteiger partial charge in [-0.2, -0.15) is 5.26 Å². The molecule has 1 saturated heterocycles. The molecule has 0 atom stereocenters. The minimum atomic E-state index is -3.65. The maximum Gasteiger partial charge on any atom is 0.219 e. The molecule has 0 saturated carbocycles. The highest BCUT2D eigenvalue weighted by Gasteiger charge is 2.27. The van der Waals surface area contributed by atoms with E-state index in [2.05, 4.69) is 0 Å². The minimum Gasteiger partial charge on any atom is -0.343 e. The second-order valence-electron chi connectivity index (χ2n) is 7.17. The number of carbonyl (C=O) groups excluding carboxylic acids is 1. The van der Waals surface area contributed by atoms with Crippen molar-refractivity contribution < 1.29 is 22.0 Å². The second-order valence-corrected chi connectivity index (χ2v) is 9.21. The zero-order valence-electron chi connectivity index (χ0n) is 15.9. The number of likely N-dealkylation sites (tertiary alicyclic amines) is 1. The van der Waals surface area contributed by atoms with E-state index in [1.807, 2.05) is 6.07 Å². The number of rotatable bonds is 4. The third kappa shape index (κ3) is 4.62. The van der Waals surface area contributed by atoms with Crippen LogP contribution in [0.3, 0.4) is 0 Å². The van der Waals surface area contributed by atoms with Crippen molar-refractivity contribution in [2.24, 2.45) is 5.92 Å². The lowest BCUT2D eigenvalue weighted by atomic mass is 9.99. The van der Waals surface area contributed by atoms with Crippen molar-refractivity contribution in [3.8, 4) is 17.2 Å². The van der Waals surface area contributed by atoms with Gasteiger partial charge in [-0.1, -0.05) is 6.07 Å². The molecule has 5 nitrogen and oxygen atoms in total. The highest BCUT2D eigenvalue weighted by Crippen LogP contribution is 2.30. The number of sulfone groups is 1. The average Bonchev–Trinajstić information content (AvgIpc) is 2.68. The molecule has 0 unspecified atom stereocenters. The molecule has 29 heavy (non-hydrogen) atoms. The number of benzene rings is 2. The predicted molar refractivity (Wildman–Crippen MR) is 104 cm³/mol. The molecule has 2 aromatic rings. The molecule has 0 bridgehead atoms. The molecule has 0 radical (unpaired) electrons. The monoisotopic (exact) mass is 418 g/mol. The molecule has 0 spiro atoms. The molecule has 8 heteroatoms. The largest absolute Gasteiger partial charge is 0.343 e. The number of halogens is 2. The molecule has 1 fully saturated rings. The summed E-state index contributed by atoms with van der Waals surface area (Å²) in [6.45, 7) is 2.55. The molecule has 1 aliphatic heterocycles. The Bertz CT molecular complexity index is 1090. The summed E-state index contributed by atoms with van der Waals surface area (Å²) in [5.74, 6) is -1.73. The third-order valence-electron chi connectivity index (χ3n) is 5.21. The van der Waals surface area contributed by atoms with E-state index in [0.29, 0.717) is 32.0 Å². The van der Waals surface area contributed by atoms with Gasteiger partial charge < -0.3 is 4.90 Å². The van der Waals surface area contributed by atoms with E-state index in [1.54, 1.807) is 4.90 Å². The lowest BCUT2D eigenvalue weighted by Crippen LogP contribution is -2.38. The number of hydrogen-bond acceptors (Lipinski definition) is 4. The predicted octanol–water partition coefficient (Wildman–Crippen LogP) is 3.54. The summed E-state index contributed by atoms with van der Waals surface area (Å²) < 4.78 is 52.9. The van der Waals surface area contributed by atoms with Gasteiger partial charge in [0.05, 0.1) is 22.3 Å². The number of hydrogen-bond donors (Lipinski definition) is 0. The van der Waals surface area contributed by atoms with Crippen LogP contribution < -0.4 is 0 Å². The van der Waals surface area contributed by atoms with Crippen LogP contribution in [-0.4, -0.2) is 38.1 Å². The molecule has 2 aromatic carbocycles. The molecule has 0 aromatic heterocycles. The zero-order valence-corrected chi connectivity index (χ0v) is 16.7. The topological polar surface area (TPSA) is 78.2 Å². The smallest absolute Gasteiger partial charge is 0.219 e. The summed E-state index contributed by atoms with van der Waals surface area (Å²) in [5.41, 5.74) is 0.241. The fourth-order valence-corrected chi connectivity index (χ4v) is 5.29. The van der Waals surface area contributed by atoms with Gasteiger partial charge in [0.2, 0.25) is 5.91 Å². The average molecular weight is 418 g/mol. The molecule has 1 amide bonds. The molecular weight excluding hydrogens is 398 g/mol. The first-order valence-electron chi connectivity index (χ1n) is 9.19. The quantitative estimate of drug-likeness (QED) is 0.761. The molecular formula is C21H20F2N2O3S. The van der Waals surface area contributed by atoms with E-state index in [0.717, 1.165) is 6.07 Å². The fourth-order valence-electron chi connectivity index (χ4n) is 3.57. The van der Waals surface area contributed by atoms with E-state index in [9.17, 15) is 27.3 Å². The number of piperidine rings is 1. The highest BCUT2D eigenvalue weighted by molar-refractivity contribution is 7.91. The number of carbonyl (C=O) groups is 1. The van der Waals surface area contributed by atoms with Gasteiger partial charge in [0.25, 0.3) is 0 Å². The summed E-state index contributed by atoms with van der Waals surface area (Å²) in [5, 5.41) is 9.44. The van der Waals surface area contributed by atoms with Crippen LogP contribution in [0.25, 0.3) is 11.1 Å². The van der Waals surface area contributed by atoms with Gasteiger partial charge in [0, 0.05) is 37.2 Å². The molecule has 0 N–H and O–H groups in total. The number of nitriles is 1. The van der Waals surface area contributed by atoms with Gasteiger partial charge in [0.1, 0.15) is 11.6 Å². The molecule has 152 valence electrons. The van der Waals surface area contributed by atoms with Gasteiger partial charge >= 0.3 is 0 Å². The van der Waals surface area contributed by atoms with E-state index in [4.69, 9.17) is 0 Å². The van der Waals surface area contributed by atoms with Crippen molar-refractivity contribution in [2.45, 2.75) is 24.7 Å². The van der Waals surface area contributed by atoms with E-state index in [1.165, 1.54) is 31.2 Å². The fraction of sp³-hybridized carbons (Fsp3) is 0.333. The Hall–Kier alpha value is -2.79. The standard InChI is InChI=1S/C21H20F2N2O3S/c1-14(26)25-8-6-15(7-9-25)13-29(27,28)18-3-5-19(16(10-18)12-24)20-4-2-17(22)11-21(20)23/h2-5,10-11,15H,6-9,13H2,1H3. The number of amides is 1. The second kappa shape index (κ2) is 8.29. The normalized spacial score (nSPS) is 15.2. The van der Waals surface area contributed by atoms with Crippen molar-refractivity contribution in [1.82, 2.24) is 4.90 Å². The van der Waals surface area contributed by atoms with Gasteiger partial charge in [-0.15, -0.1) is 0 Å². The van der Waals surface area contributed by atoms with Crippen LogP contribution in [0, 0.1) is 28.9 Å². The minimum absolute atomic E-state index is 0.00276. The van der Waals surface area contributed by atoms with Gasteiger partial charge in [-0.3, -0.25) is 4.79 Å². The maximum atomic E-state index is 14.1. The van der Waals surface area contributed by atoms with E-state index < -0.39 is 21.5 Å². The van der Waals surface area contributed by atoms with Crippen molar-refractivity contribution in [3.63, 3.8) is 0 Å². The van der Waals surface area contributed by atoms with Gasteiger partial charge in [0.15, 0.2) is 9.84 Å². The van der Waals surface area contributed by atoms with E-state index >= 15 is 0 Å². The Kier molecular flexibility index (Phi) is 5.99. The lowest BCUT2D eigenvalue weighted by molar-refractivity contribution is -0.130. The molecule has 3 rings (SSSR count). The highest BCUT2D eigenvalue weighted by atomic mass is 32.2. The van der Waals surface area contributed by atoms with E-state index in [-0.39, 0.29) is 39.2 Å². The van der Waals surface area contributed by atoms with Crippen LogP contribution in [0.4, 0.5) is 8.78 Å². The van der Waals surface area contributed by atoms with Crippen LogP contribution >= 0.6 is 0 Å². The first kappa shape index (κ1) is 20.9. The molecule has 0 aliphatic carbocycles. The Morgan fingerprint density at radius 2 is 1.79 bits per heavy atom. The van der Waals surface area contributed by atoms with Crippen LogP contribution in [0.2, 0.25) is 0 Å². The third-order valence-corrected chi connectivity index (χ3v) is 7.09. The van der Waals surface area contributed by atoms with Crippen LogP contribution in [0.15, 0.2) is 41.3 Å². The van der Waals surface area contributed by atoms with Crippen molar-refractivity contribution in [2.75, 3.05) is 18.8 Å². The molecule has 1 aliphatic rings. The zero-order chi connectivity index (χ0) is 21.2. The van der Waals surface area contributed by atoms with Crippen LogP contribution in [-0.2, 0) is 14.6 Å². The summed E-state index contributed by atoms with van der Waals surface area (Å²) in [4.78, 5) is 13.1. The van der Waals surface area contributed by atoms with Gasteiger partial charge in [-0.05, 0) is 43.0 Å². The van der Waals surface area contributed by atoms with Crippen molar-refractivity contribution in [3.05, 3.63) is 53.6 Å². The van der Waals surface area contributed by atoms with Crippen molar-refractivity contribution >= 4 is 15.7 Å².